The average Bonchev–Trinajstić information content (AvgIpc) is 2.54. The maximum Gasteiger partial charge on any atom is 0.164 e. The second-order valence-electron chi connectivity index (χ2n) is 4.03. The standard InChI is InChI=1S/C13H15NO/c1-3-4-8-14-10(2)9-11-12(14)6-5-7-13(11)15/h1,9H,4-8H2,2H3. The van der Waals surface area contributed by atoms with Crippen LogP contribution >= 0.6 is 0 Å². The van der Waals surface area contributed by atoms with E-state index in [1.165, 1.54) is 5.69 Å². The van der Waals surface area contributed by atoms with Crippen LogP contribution in [0.15, 0.2) is 6.07 Å². The molecule has 1 aliphatic rings. The van der Waals surface area contributed by atoms with Crippen molar-refractivity contribution in [3.05, 3.63) is 23.0 Å². The van der Waals surface area contributed by atoms with Crippen LogP contribution in [0.1, 0.15) is 41.0 Å². The molecule has 0 unspecified atom stereocenters. The van der Waals surface area contributed by atoms with E-state index in [2.05, 4.69) is 10.5 Å². The van der Waals surface area contributed by atoms with Crippen LogP contribution in [0.3, 0.4) is 0 Å². The lowest BCUT2D eigenvalue weighted by atomic mass is 9.97. The molecule has 1 aliphatic carbocycles. The van der Waals surface area contributed by atoms with E-state index >= 15 is 0 Å². The lowest BCUT2D eigenvalue weighted by Crippen LogP contribution is -2.13. The second kappa shape index (κ2) is 3.94. The van der Waals surface area contributed by atoms with Crippen molar-refractivity contribution in [2.75, 3.05) is 0 Å². The van der Waals surface area contributed by atoms with Crippen LogP contribution in [0.4, 0.5) is 0 Å². The smallest absolute Gasteiger partial charge is 0.164 e. The minimum Gasteiger partial charge on any atom is -0.347 e. The predicted octanol–water partition coefficient (Wildman–Crippen LogP) is 2.34. The van der Waals surface area contributed by atoms with Gasteiger partial charge in [-0.2, -0.15) is 0 Å². The number of aryl methyl sites for hydroxylation is 1. The molecule has 0 bridgehead atoms. The Morgan fingerprint density at radius 1 is 1.53 bits per heavy atom. The first-order valence-electron chi connectivity index (χ1n) is 5.39. The van der Waals surface area contributed by atoms with Crippen LogP contribution in [0.2, 0.25) is 0 Å². The van der Waals surface area contributed by atoms with Crippen LogP contribution < -0.4 is 0 Å². The molecule has 2 heteroatoms. The Hall–Kier alpha value is -1.49. The van der Waals surface area contributed by atoms with Gasteiger partial charge in [-0.15, -0.1) is 12.3 Å². The highest BCUT2D eigenvalue weighted by atomic mass is 16.1. The Bertz CT molecular complexity index is 434. The first-order valence-corrected chi connectivity index (χ1v) is 5.39. The number of fused-ring (bicyclic) bond motifs is 1. The van der Waals surface area contributed by atoms with Gasteiger partial charge in [-0.25, -0.2) is 0 Å². The van der Waals surface area contributed by atoms with E-state index in [1.54, 1.807) is 0 Å². The molecule has 0 atom stereocenters. The van der Waals surface area contributed by atoms with E-state index in [0.717, 1.165) is 37.1 Å². The molecule has 1 aromatic heterocycles. The molecule has 0 saturated heterocycles. The highest BCUT2D eigenvalue weighted by Crippen LogP contribution is 2.25. The molecule has 0 fully saturated rings. The number of aromatic nitrogens is 1. The molecule has 0 spiro atoms. The van der Waals surface area contributed by atoms with Gasteiger partial charge in [0.2, 0.25) is 0 Å². The van der Waals surface area contributed by atoms with E-state index in [-0.39, 0.29) is 0 Å². The molecule has 0 radical (unpaired) electrons. The van der Waals surface area contributed by atoms with Gasteiger partial charge in [0.15, 0.2) is 5.78 Å². The van der Waals surface area contributed by atoms with Crippen molar-refractivity contribution in [1.29, 1.82) is 0 Å². The normalized spacial score (nSPS) is 14.8. The molecule has 0 aliphatic heterocycles. The lowest BCUT2D eigenvalue weighted by Gasteiger charge is -2.14. The monoisotopic (exact) mass is 201 g/mol. The summed E-state index contributed by atoms with van der Waals surface area (Å²) in [4.78, 5) is 11.7. The number of carbonyl (C=O) groups is 1. The van der Waals surface area contributed by atoms with Crippen molar-refractivity contribution >= 4 is 5.78 Å². The maximum absolute atomic E-state index is 11.7. The Labute approximate surface area is 90.3 Å². The van der Waals surface area contributed by atoms with Crippen molar-refractivity contribution in [3.8, 4) is 12.3 Å². The third-order valence-electron chi connectivity index (χ3n) is 3.01. The van der Waals surface area contributed by atoms with Crippen molar-refractivity contribution < 1.29 is 4.79 Å². The largest absolute Gasteiger partial charge is 0.347 e. The van der Waals surface area contributed by atoms with E-state index in [9.17, 15) is 4.79 Å². The fraction of sp³-hybridized carbons (Fsp3) is 0.462. The molecule has 78 valence electrons. The van der Waals surface area contributed by atoms with Crippen LogP contribution in [0.25, 0.3) is 0 Å². The summed E-state index contributed by atoms with van der Waals surface area (Å²) in [6, 6.07) is 2.01. The van der Waals surface area contributed by atoms with Gasteiger partial charge in [-0.1, -0.05) is 0 Å². The molecule has 0 N–H and O–H groups in total. The molecule has 15 heavy (non-hydrogen) atoms. The SMILES string of the molecule is C#CCCn1c(C)cc2c1CCCC2=O. The summed E-state index contributed by atoms with van der Waals surface area (Å²) in [5.74, 6) is 2.94. The highest BCUT2D eigenvalue weighted by Gasteiger charge is 2.21. The number of Topliss-reactive ketones (excluding diaryl/α,β-unsaturated/α-hetero) is 1. The topological polar surface area (TPSA) is 22.0 Å². The highest BCUT2D eigenvalue weighted by molar-refractivity contribution is 5.98. The van der Waals surface area contributed by atoms with Gasteiger partial charge < -0.3 is 4.57 Å². The number of carbonyl (C=O) groups excluding carboxylic acids is 1. The van der Waals surface area contributed by atoms with Gasteiger partial charge in [0.25, 0.3) is 0 Å². The van der Waals surface area contributed by atoms with E-state index < -0.39 is 0 Å². The summed E-state index contributed by atoms with van der Waals surface area (Å²) < 4.78 is 2.20. The third kappa shape index (κ3) is 1.70. The Balaban J connectivity index is 2.38. The second-order valence-corrected chi connectivity index (χ2v) is 4.03. The van der Waals surface area contributed by atoms with E-state index in [4.69, 9.17) is 6.42 Å². The maximum atomic E-state index is 11.7. The van der Waals surface area contributed by atoms with Gasteiger partial charge >= 0.3 is 0 Å². The van der Waals surface area contributed by atoms with Crippen molar-refractivity contribution in [3.63, 3.8) is 0 Å². The number of hydrogen-bond donors (Lipinski definition) is 0. The Morgan fingerprint density at radius 3 is 3.07 bits per heavy atom. The Morgan fingerprint density at radius 2 is 2.33 bits per heavy atom. The van der Waals surface area contributed by atoms with Crippen LogP contribution in [0, 0.1) is 19.3 Å². The van der Waals surface area contributed by atoms with Gasteiger partial charge in [0, 0.05) is 36.3 Å². The van der Waals surface area contributed by atoms with Gasteiger partial charge in [0.05, 0.1) is 0 Å². The number of terminal acetylenes is 1. The summed E-state index contributed by atoms with van der Waals surface area (Å²) in [5.41, 5.74) is 3.28. The first kappa shape index (κ1) is 10.0. The van der Waals surface area contributed by atoms with E-state index in [1.807, 2.05) is 13.0 Å². The van der Waals surface area contributed by atoms with Crippen LogP contribution in [-0.4, -0.2) is 10.4 Å². The molecular weight excluding hydrogens is 186 g/mol. The molecule has 0 amide bonds. The molecule has 2 nitrogen and oxygen atoms in total. The summed E-state index contributed by atoms with van der Waals surface area (Å²) >= 11 is 0. The van der Waals surface area contributed by atoms with Crippen molar-refractivity contribution in [2.45, 2.75) is 39.2 Å². The number of nitrogens with zero attached hydrogens (tertiary/aromatic N) is 1. The first-order chi connectivity index (χ1) is 7.24. The summed E-state index contributed by atoms with van der Waals surface area (Å²) in [7, 11) is 0. The van der Waals surface area contributed by atoms with Gasteiger partial charge in [-0.05, 0) is 25.8 Å². The van der Waals surface area contributed by atoms with Crippen LogP contribution in [0.5, 0.6) is 0 Å². The molecular formula is C13H15NO. The minimum absolute atomic E-state index is 0.291. The molecule has 1 heterocycles. The van der Waals surface area contributed by atoms with Gasteiger partial charge in [-0.3, -0.25) is 4.79 Å². The number of hydrogen-bond acceptors (Lipinski definition) is 1. The quantitative estimate of drug-likeness (QED) is 0.673. The zero-order valence-corrected chi connectivity index (χ0v) is 9.05. The Kier molecular flexibility index (Phi) is 2.64. The third-order valence-corrected chi connectivity index (χ3v) is 3.01. The van der Waals surface area contributed by atoms with Crippen molar-refractivity contribution in [2.24, 2.45) is 0 Å². The molecule has 0 aromatic carbocycles. The summed E-state index contributed by atoms with van der Waals surface area (Å²) in [6.07, 6.45) is 8.69. The van der Waals surface area contributed by atoms with Crippen LogP contribution in [-0.2, 0) is 13.0 Å². The number of rotatable bonds is 2. The molecule has 2 rings (SSSR count). The lowest BCUT2D eigenvalue weighted by molar-refractivity contribution is 0.0972. The predicted molar refractivity (Wildman–Crippen MR) is 59.9 cm³/mol. The number of ketones is 1. The van der Waals surface area contributed by atoms with E-state index in [0.29, 0.717) is 12.2 Å². The molecule has 0 saturated carbocycles. The zero-order chi connectivity index (χ0) is 10.8. The zero-order valence-electron chi connectivity index (χ0n) is 9.05. The van der Waals surface area contributed by atoms with Crippen molar-refractivity contribution in [1.82, 2.24) is 4.57 Å². The average molecular weight is 201 g/mol. The van der Waals surface area contributed by atoms with Gasteiger partial charge in [0.1, 0.15) is 0 Å². The fourth-order valence-corrected chi connectivity index (χ4v) is 2.28. The minimum atomic E-state index is 0.291. The fourth-order valence-electron chi connectivity index (χ4n) is 2.28. The summed E-state index contributed by atoms with van der Waals surface area (Å²) in [6.45, 7) is 2.88. The summed E-state index contributed by atoms with van der Waals surface area (Å²) in [5, 5.41) is 0. The molecule has 1 aromatic rings.